The summed E-state index contributed by atoms with van der Waals surface area (Å²) in [5, 5.41) is 5.37. The van der Waals surface area contributed by atoms with Gasteiger partial charge in [-0.05, 0) is 43.1 Å². The number of halogens is 1. The zero-order chi connectivity index (χ0) is 12.1. The lowest BCUT2D eigenvalue weighted by atomic mass is 10.1. The highest BCUT2D eigenvalue weighted by Crippen LogP contribution is 2.10. The number of nitrogens with one attached hydrogen (secondary N) is 1. The predicted molar refractivity (Wildman–Crippen MR) is 68.7 cm³/mol. The molecule has 1 N–H and O–H groups in total. The van der Waals surface area contributed by atoms with Crippen LogP contribution in [0, 0.1) is 12.7 Å². The Bertz CT molecular complexity index is 468. The van der Waals surface area contributed by atoms with Gasteiger partial charge < -0.3 is 5.32 Å². The lowest BCUT2D eigenvalue weighted by molar-refractivity contribution is 0.624. The number of benzene rings is 1. The van der Waals surface area contributed by atoms with Gasteiger partial charge in [0, 0.05) is 11.9 Å². The van der Waals surface area contributed by atoms with E-state index in [0.717, 1.165) is 30.8 Å². The van der Waals surface area contributed by atoms with Crippen molar-refractivity contribution >= 4 is 11.3 Å². The maximum Gasteiger partial charge on any atom is 0.123 e. The molecular formula is C13H15FN2S. The molecule has 0 fully saturated rings. The third-order valence-electron chi connectivity index (χ3n) is 2.67. The quantitative estimate of drug-likeness (QED) is 0.825. The molecule has 0 aliphatic carbocycles. The second-order valence-corrected chi connectivity index (χ2v) is 4.70. The molecular weight excluding hydrogens is 235 g/mol. The van der Waals surface area contributed by atoms with Crippen LogP contribution in [0.3, 0.4) is 0 Å². The molecule has 0 amide bonds. The van der Waals surface area contributed by atoms with E-state index < -0.39 is 0 Å². The average Bonchev–Trinajstić information content (AvgIpc) is 2.79. The normalized spacial score (nSPS) is 10.7. The molecule has 2 rings (SSSR count). The fraction of sp³-hybridized carbons (Fsp3) is 0.308. The molecule has 0 saturated heterocycles. The summed E-state index contributed by atoms with van der Waals surface area (Å²) in [5.41, 5.74) is 5.12. The van der Waals surface area contributed by atoms with Crippen molar-refractivity contribution in [3.63, 3.8) is 0 Å². The van der Waals surface area contributed by atoms with Gasteiger partial charge in [0.2, 0.25) is 0 Å². The summed E-state index contributed by atoms with van der Waals surface area (Å²) in [5.74, 6) is -0.165. The highest BCUT2D eigenvalue weighted by atomic mass is 32.1. The van der Waals surface area contributed by atoms with E-state index in [-0.39, 0.29) is 5.82 Å². The van der Waals surface area contributed by atoms with E-state index in [9.17, 15) is 4.39 Å². The van der Waals surface area contributed by atoms with Crippen LogP contribution in [-0.4, -0.2) is 11.5 Å². The second kappa shape index (κ2) is 5.89. The van der Waals surface area contributed by atoms with Crippen molar-refractivity contribution in [3.05, 3.63) is 51.7 Å². The molecule has 0 unspecified atom stereocenters. The second-order valence-electron chi connectivity index (χ2n) is 3.98. The maximum absolute atomic E-state index is 12.9. The van der Waals surface area contributed by atoms with Crippen molar-refractivity contribution in [2.24, 2.45) is 0 Å². The van der Waals surface area contributed by atoms with E-state index >= 15 is 0 Å². The molecule has 0 atom stereocenters. The summed E-state index contributed by atoms with van der Waals surface area (Å²) in [4.78, 5) is 4.20. The summed E-state index contributed by atoms with van der Waals surface area (Å²) < 4.78 is 12.9. The molecule has 1 heterocycles. The topological polar surface area (TPSA) is 24.9 Å². The van der Waals surface area contributed by atoms with E-state index in [2.05, 4.69) is 10.3 Å². The first-order chi connectivity index (χ1) is 8.25. The molecule has 0 aliphatic rings. The van der Waals surface area contributed by atoms with Crippen molar-refractivity contribution in [3.8, 4) is 0 Å². The summed E-state index contributed by atoms with van der Waals surface area (Å²) in [7, 11) is 0. The van der Waals surface area contributed by atoms with Gasteiger partial charge in [-0.3, -0.25) is 0 Å². The Morgan fingerprint density at radius 3 is 3.00 bits per heavy atom. The van der Waals surface area contributed by atoms with Crippen LogP contribution in [-0.2, 0) is 13.0 Å². The molecule has 0 spiro atoms. The molecule has 90 valence electrons. The van der Waals surface area contributed by atoms with Gasteiger partial charge in [0.15, 0.2) is 0 Å². The van der Waals surface area contributed by atoms with Crippen LogP contribution in [0.4, 0.5) is 4.39 Å². The Balaban J connectivity index is 1.78. The summed E-state index contributed by atoms with van der Waals surface area (Å²) in [6.07, 6.45) is 0.913. The first-order valence-electron chi connectivity index (χ1n) is 5.58. The number of hydrogen-bond acceptors (Lipinski definition) is 3. The number of thiazole rings is 1. The first-order valence-corrected chi connectivity index (χ1v) is 6.53. The summed E-state index contributed by atoms with van der Waals surface area (Å²) in [6.45, 7) is 3.62. The number of nitrogens with zero attached hydrogens (tertiary/aromatic N) is 1. The molecule has 1 aromatic heterocycles. The molecule has 2 nitrogen and oxygen atoms in total. The molecule has 2 aromatic rings. The standard InChI is InChI=1S/C13H15FN2S/c1-10-6-12(14)3-2-11(10)4-5-15-7-13-8-17-9-16-13/h2-3,6,8-9,15H,4-5,7H2,1H3. The number of hydrogen-bond donors (Lipinski definition) is 1. The summed E-state index contributed by atoms with van der Waals surface area (Å²) in [6, 6.07) is 4.95. The highest BCUT2D eigenvalue weighted by Gasteiger charge is 2.00. The highest BCUT2D eigenvalue weighted by molar-refractivity contribution is 7.07. The van der Waals surface area contributed by atoms with Crippen molar-refractivity contribution in [2.75, 3.05) is 6.54 Å². The maximum atomic E-state index is 12.9. The van der Waals surface area contributed by atoms with E-state index in [0.29, 0.717) is 0 Å². The third kappa shape index (κ3) is 3.61. The van der Waals surface area contributed by atoms with E-state index in [4.69, 9.17) is 0 Å². The minimum absolute atomic E-state index is 0.165. The molecule has 4 heteroatoms. The molecule has 1 aromatic carbocycles. The van der Waals surface area contributed by atoms with E-state index in [1.165, 1.54) is 11.6 Å². The van der Waals surface area contributed by atoms with Crippen LogP contribution >= 0.6 is 11.3 Å². The monoisotopic (exact) mass is 250 g/mol. The fourth-order valence-electron chi connectivity index (χ4n) is 1.70. The van der Waals surface area contributed by atoms with Gasteiger partial charge in [-0.25, -0.2) is 9.37 Å². The number of rotatable bonds is 5. The van der Waals surface area contributed by atoms with Gasteiger partial charge in [-0.15, -0.1) is 11.3 Å². The van der Waals surface area contributed by atoms with Crippen molar-refractivity contribution in [2.45, 2.75) is 19.9 Å². The van der Waals surface area contributed by atoms with Crippen LogP contribution in [0.2, 0.25) is 0 Å². The van der Waals surface area contributed by atoms with E-state index in [1.54, 1.807) is 17.4 Å². The first kappa shape index (κ1) is 12.2. The average molecular weight is 250 g/mol. The van der Waals surface area contributed by atoms with Crippen LogP contribution in [0.5, 0.6) is 0 Å². The molecule has 0 bridgehead atoms. The number of aryl methyl sites for hydroxylation is 1. The largest absolute Gasteiger partial charge is 0.311 e. The van der Waals surface area contributed by atoms with Gasteiger partial charge in [-0.1, -0.05) is 6.07 Å². The van der Waals surface area contributed by atoms with Gasteiger partial charge in [-0.2, -0.15) is 0 Å². The van der Waals surface area contributed by atoms with Crippen LogP contribution in [0.15, 0.2) is 29.1 Å². The SMILES string of the molecule is Cc1cc(F)ccc1CCNCc1cscn1. The Morgan fingerprint density at radius 2 is 2.29 bits per heavy atom. The molecule has 0 radical (unpaired) electrons. The van der Waals surface area contributed by atoms with Crippen molar-refractivity contribution in [1.29, 1.82) is 0 Å². The van der Waals surface area contributed by atoms with E-state index in [1.807, 2.05) is 23.9 Å². The van der Waals surface area contributed by atoms with Crippen molar-refractivity contribution < 1.29 is 4.39 Å². The van der Waals surface area contributed by atoms with Gasteiger partial charge in [0.05, 0.1) is 11.2 Å². The lowest BCUT2D eigenvalue weighted by Crippen LogP contribution is -2.17. The van der Waals surface area contributed by atoms with Gasteiger partial charge in [0.1, 0.15) is 5.82 Å². The van der Waals surface area contributed by atoms with Crippen LogP contribution in [0.25, 0.3) is 0 Å². The fourth-order valence-corrected chi connectivity index (χ4v) is 2.26. The van der Waals surface area contributed by atoms with Gasteiger partial charge in [0.25, 0.3) is 0 Å². The third-order valence-corrected chi connectivity index (χ3v) is 3.30. The van der Waals surface area contributed by atoms with Gasteiger partial charge >= 0.3 is 0 Å². The Labute approximate surface area is 105 Å². The van der Waals surface area contributed by atoms with Crippen LogP contribution < -0.4 is 5.32 Å². The molecule has 0 saturated carbocycles. The minimum Gasteiger partial charge on any atom is -0.311 e. The molecule has 17 heavy (non-hydrogen) atoms. The summed E-state index contributed by atoms with van der Waals surface area (Å²) >= 11 is 1.61. The smallest absolute Gasteiger partial charge is 0.123 e. The Kier molecular flexibility index (Phi) is 4.23. The zero-order valence-electron chi connectivity index (χ0n) is 9.74. The number of aromatic nitrogens is 1. The Morgan fingerprint density at radius 1 is 1.41 bits per heavy atom. The molecule has 0 aliphatic heterocycles. The zero-order valence-corrected chi connectivity index (χ0v) is 10.6. The lowest BCUT2D eigenvalue weighted by Gasteiger charge is -2.06. The Hall–Kier alpha value is -1.26. The predicted octanol–water partition coefficient (Wildman–Crippen LogP) is 2.92. The minimum atomic E-state index is -0.165. The van der Waals surface area contributed by atoms with Crippen molar-refractivity contribution in [1.82, 2.24) is 10.3 Å². The van der Waals surface area contributed by atoms with Crippen LogP contribution in [0.1, 0.15) is 16.8 Å².